The van der Waals surface area contributed by atoms with Crippen LogP contribution in [-0.4, -0.2) is 32.6 Å². The minimum Gasteiger partial charge on any atom is -0.490 e. The number of hydrogen-bond donors (Lipinski definition) is 1. The molecular weight excluding hydrogens is 413 g/mol. The molecule has 9 heteroatoms. The predicted molar refractivity (Wildman–Crippen MR) is 114 cm³/mol. The van der Waals surface area contributed by atoms with Crippen LogP contribution in [0.4, 0.5) is 10.3 Å². The van der Waals surface area contributed by atoms with E-state index in [9.17, 15) is 9.18 Å². The summed E-state index contributed by atoms with van der Waals surface area (Å²) in [6.07, 6.45) is 2.06. The fourth-order valence-electron chi connectivity index (χ4n) is 4.18. The Hall–Kier alpha value is -3.75. The molecule has 0 saturated heterocycles. The van der Waals surface area contributed by atoms with Gasteiger partial charge in [-0.1, -0.05) is 29.4 Å². The van der Waals surface area contributed by atoms with E-state index in [2.05, 4.69) is 20.8 Å². The summed E-state index contributed by atoms with van der Waals surface area (Å²) in [5, 5.41) is 15.1. The van der Waals surface area contributed by atoms with Gasteiger partial charge in [0.25, 0.3) is 0 Å². The monoisotopic (exact) mass is 435 g/mol. The molecule has 1 N–H and O–H groups in total. The maximum Gasteiger partial charge on any atom is 0.248 e. The molecule has 1 atom stereocenters. The van der Waals surface area contributed by atoms with Crippen molar-refractivity contribution in [3.8, 4) is 11.5 Å². The molecule has 32 heavy (non-hydrogen) atoms. The van der Waals surface area contributed by atoms with Gasteiger partial charge in [0.1, 0.15) is 18.5 Å². The van der Waals surface area contributed by atoms with Gasteiger partial charge in [-0.3, -0.25) is 4.79 Å². The average molecular weight is 435 g/mol. The van der Waals surface area contributed by atoms with Crippen molar-refractivity contribution in [2.45, 2.75) is 38.8 Å². The third-order valence-corrected chi connectivity index (χ3v) is 5.65. The Kier molecular flexibility index (Phi) is 5.30. The molecule has 2 aliphatic rings. The van der Waals surface area contributed by atoms with Gasteiger partial charge in [-0.15, -0.1) is 0 Å². The number of ketones is 1. The number of allylic oxidation sites excluding steroid dienone is 2. The van der Waals surface area contributed by atoms with Gasteiger partial charge in [0.15, 0.2) is 17.3 Å². The van der Waals surface area contributed by atoms with Gasteiger partial charge in [-0.25, -0.2) is 4.39 Å². The molecule has 0 amide bonds. The minimum atomic E-state index is -0.455. The van der Waals surface area contributed by atoms with E-state index in [1.165, 1.54) is 6.07 Å². The van der Waals surface area contributed by atoms with Crippen LogP contribution < -0.4 is 14.8 Å². The highest BCUT2D eigenvalue weighted by molar-refractivity contribution is 5.99. The number of ether oxygens (including phenoxy) is 2. The van der Waals surface area contributed by atoms with E-state index in [0.29, 0.717) is 41.6 Å². The highest BCUT2D eigenvalue weighted by atomic mass is 19.1. The van der Waals surface area contributed by atoms with Crippen LogP contribution >= 0.6 is 0 Å². The zero-order valence-electron chi connectivity index (χ0n) is 17.5. The smallest absolute Gasteiger partial charge is 0.248 e. The van der Waals surface area contributed by atoms with Gasteiger partial charge in [0.05, 0.1) is 6.61 Å². The first-order valence-electron chi connectivity index (χ1n) is 10.6. The third-order valence-electron chi connectivity index (χ3n) is 5.65. The van der Waals surface area contributed by atoms with Crippen molar-refractivity contribution in [3.63, 3.8) is 0 Å². The van der Waals surface area contributed by atoms with E-state index < -0.39 is 6.04 Å². The number of nitrogens with one attached hydrogen (secondary N) is 1. The summed E-state index contributed by atoms with van der Waals surface area (Å²) in [4.78, 5) is 12.8. The van der Waals surface area contributed by atoms with Crippen LogP contribution in [0.2, 0.25) is 0 Å². The van der Waals surface area contributed by atoms with Crippen molar-refractivity contribution >= 4 is 11.7 Å². The van der Waals surface area contributed by atoms with Crippen molar-refractivity contribution in [2.24, 2.45) is 0 Å². The summed E-state index contributed by atoms with van der Waals surface area (Å²) in [6.45, 7) is 2.38. The van der Waals surface area contributed by atoms with E-state index in [-0.39, 0.29) is 18.2 Å². The quantitative estimate of drug-likeness (QED) is 0.630. The summed E-state index contributed by atoms with van der Waals surface area (Å²) in [5.74, 6) is 1.27. The lowest BCUT2D eigenvalue weighted by Crippen LogP contribution is -2.31. The number of fused-ring (bicyclic) bond motifs is 1. The number of anilines is 1. The Balaban J connectivity index is 1.51. The van der Waals surface area contributed by atoms with Gasteiger partial charge in [-0.2, -0.15) is 4.68 Å². The third kappa shape index (κ3) is 3.59. The van der Waals surface area contributed by atoms with Crippen LogP contribution in [0.3, 0.4) is 0 Å². The molecule has 2 heterocycles. The average Bonchev–Trinajstić information content (AvgIpc) is 3.26. The molecule has 1 unspecified atom stereocenters. The fraction of sp³-hybridized carbons (Fsp3) is 0.304. The van der Waals surface area contributed by atoms with Crippen molar-refractivity contribution in [1.29, 1.82) is 0 Å². The zero-order valence-corrected chi connectivity index (χ0v) is 17.5. The second-order valence-corrected chi connectivity index (χ2v) is 7.66. The van der Waals surface area contributed by atoms with Crippen LogP contribution in [0.1, 0.15) is 43.4 Å². The number of tetrazole rings is 1. The summed E-state index contributed by atoms with van der Waals surface area (Å²) in [5.41, 5.74) is 2.81. The van der Waals surface area contributed by atoms with Gasteiger partial charge < -0.3 is 14.8 Å². The zero-order chi connectivity index (χ0) is 22.1. The molecule has 0 spiro atoms. The number of hydrogen-bond acceptors (Lipinski definition) is 7. The number of carbonyl (C=O) groups is 1. The first-order chi connectivity index (χ1) is 15.7. The molecule has 2 aromatic carbocycles. The van der Waals surface area contributed by atoms with Crippen LogP contribution in [0.5, 0.6) is 11.5 Å². The van der Waals surface area contributed by atoms with Crippen molar-refractivity contribution in [1.82, 2.24) is 20.2 Å². The number of rotatable bonds is 6. The summed E-state index contributed by atoms with van der Waals surface area (Å²) >= 11 is 0. The summed E-state index contributed by atoms with van der Waals surface area (Å²) in [6, 6.07) is 11.5. The minimum absolute atomic E-state index is 0.0738. The van der Waals surface area contributed by atoms with E-state index in [1.54, 1.807) is 28.9 Å². The number of aromatic nitrogens is 4. The molecule has 8 nitrogen and oxygen atoms in total. The van der Waals surface area contributed by atoms with E-state index in [0.717, 1.165) is 24.1 Å². The van der Waals surface area contributed by atoms with Crippen molar-refractivity contribution in [2.75, 3.05) is 11.9 Å². The Labute approximate surface area is 184 Å². The molecule has 3 aromatic rings. The predicted octanol–water partition coefficient (Wildman–Crippen LogP) is 3.81. The number of nitrogens with zero attached hydrogens (tertiary/aromatic N) is 4. The highest BCUT2D eigenvalue weighted by Crippen LogP contribution is 2.41. The largest absolute Gasteiger partial charge is 0.490 e. The molecule has 5 rings (SSSR count). The highest BCUT2D eigenvalue weighted by Gasteiger charge is 2.37. The second-order valence-electron chi connectivity index (χ2n) is 7.66. The summed E-state index contributed by atoms with van der Waals surface area (Å²) in [7, 11) is 0. The Morgan fingerprint density at radius 3 is 2.88 bits per heavy atom. The molecule has 164 valence electrons. The van der Waals surface area contributed by atoms with Gasteiger partial charge in [-0.05, 0) is 54.0 Å². The lowest BCUT2D eigenvalue weighted by atomic mass is 9.85. The van der Waals surface area contributed by atoms with E-state index in [1.807, 2.05) is 19.1 Å². The standard InChI is InChI=1S/C23H22FN5O3/c1-2-31-20-12-14(10-11-19(20)32-13-15-6-3-4-7-16(15)24)22-21-17(8-5-9-18(21)30)25-23-26-27-28-29(22)23/h3-4,6-7,10-12,22H,2,5,8-9,13H2,1H3,(H,25,26,28). The maximum atomic E-state index is 14.0. The molecule has 0 bridgehead atoms. The molecular formula is C23H22FN5O3. The number of benzene rings is 2. The first kappa shape index (κ1) is 20.2. The lowest BCUT2D eigenvalue weighted by molar-refractivity contribution is -0.116. The van der Waals surface area contributed by atoms with E-state index >= 15 is 0 Å². The number of carbonyl (C=O) groups excluding carboxylic acids is 1. The van der Waals surface area contributed by atoms with Gasteiger partial charge in [0, 0.05) is 23.3 Å². The number of halogens is 1. The Morgan fingerprint density at radius 2 is 2.03 bits per heavy atom. The Bertz CT molecular complexity index is 1210. The lowest BCUT2D eigenvalue weighted by Gasteiger charge is -2.31. The molecule has 0 saturated carbocycles. The molecule has 0 radical (unpaired) electrons. The van der Waals surface area contributed by atoms with Crippen molar-refractivity contribution in [3.05, 3.63) is 70.7 Å². The molecule has 1 aliphatic carbocycles. The number of Topliss-reactive ketones (excluding diaryl/α,β-unsaturated/α-hetero) is 1. The SMILES string of the molecule is CCOc1cc(C2C3=C(CCCC3=O)Nc3nnnn32)ccc1OCc1ccccc1F. The second kappa shape index (κ2) is 8.41. The maximum absolute atomic E-state index is 14.0. The van der Waals surface area contributed by atoms with Crippen LogP contribution in [-0.2, 0) is 11.4 Å². The van der Waals surface area contributed by atoms with Crippen LogP contribution in [0, 0.1) is 5.82 Å². The van der Waals surface area contributed by atoms with Crippen LogP contribution in [0.25, 0.3) is 0 Å². The molecule has 0 fully saturated rings. The first-order valence-corrected chi connectivity index (χ1v) is 10.6. The van der Waals surface area contributed by atoms with E-state index in [4.69, 9.17) is 9.47 Å². The molecule has 1 aromatic heterocycles. The summed E-state index contributed by atoms with van der Waals surface area (Å²) < 4.78 is 27.3. The topological polar surface area (TPSA) is 91.2 Å². The normalized spacial score (nSPS) is 17.4. The Morgan fingerprint density at radius 1 is 1.16 bits per heavy atom. The molecule has 1 aliphatic heterocycles. The van der Waals surface area contributed by atoms with Gasteiger partial charge in [0.2, 0.25) is 5.95 Å². The van der Waals surface area contributed by atoms with Crippen molar-refractivity contribution < 1.29 is 18.7 Å². The van der Waals surface area contributed by atoms with Gasteiger partial charge >= 0.3 is 0 Å². The fourth-order valence-corrected chi connectivity index (χ4v) is 4.18. The van der Waals surface area contributed by atoms with Crippen LogP contribution in [0.15, 0.2) is 53.7 Å².